The highest BCUT2D eigenvalue weighted by Gasteiger charge is 2.61. The van der Waals surface area contributed by atoms with Crippen molar-refractivity contribution in [1.29, 1.82) is 0 Å². The number of anilines is 2. The van der Waals surface area contributed by atoms with Gasteiger partial charge in [0.1, 0.15) is 23.6 Å². The highest BCUT2D eigenvalue weighted by molar-refractivity contribution is 6.30. The van der Waals surface area contributed by atoms with E-state index < -0.39 is 0 Å². The van der Waals surface area contributed by atoms with Gasteiger partial charge in [0.05, 0.1) is 12.2 Å². The van der Waals surface area contributed by atoms with Crippen molar-refractivity contribution >= 4 is 34.8 Å². The molecule has 1 amide bonds. The second-order valence-corrected chi connectivity index (χ2v) is 10.5. The van der Waals surface area contributed by atoms with Crippen molar-refractivity contribution in [3.63, 3.8) is 0 Å². The van der Waals surface area contributed by atoms with E-state index in [0.717, 1.165) is 35.6 Å². The molecule has 1 aromatic carbocycles. The quantitative estimate of drug-likeness (QED) is 0.397. The van der Waals surface area contributed by atoms with Crippen LogP contribution in [0, 0.1) is 5.92 Å². The Balaban J connectivity index is 1.01. The third-order valence-electron chi connectivity index (χ3n) is 7.78. The minimum atomic E-state index is -0.0685. The monoisotopic (exact) mass is 484 g/mol. The van der Waals surface area contributed by atoms with Gasteiger partial charge in [-0.15, -0.1) is 0 Å². The molecule has 2 atom stereocenters. The number of aryl methyl sites for hydroxylation is 1. The van der Waals surface area contributed by atoms with Gasteiger partial charge in [-0.3, -0.25) is 4.79 Å². The molecule has 2 fully saturated rings. The minimum absolute atomic E-state index is 0.00860. The zero-order valence-corrected chi connectivity index (χ0v) is 19.9. The summed E-state index contributed by atoms with van der Waals surface area (Å²) in [7, 11) is 0. The van der Waals surface area contributed by atoms with Crippen LogP contribution in [0.3, 0.4) is 0 Å². The summed E-state index contributed by atoms with van der Waals surface area (Å²) in [4.78, 5) is 26.3. The van der Waals surface area contributed by atoms with Crippen molar-refractivity contribution in [1.82, 2.24) is 19.4 Å². The van der Waals surface area contributed by atoms with Crippen LogP contribution in [0.1, 0.15) is 54.0 Å². The lowest BCUT2D eigenvalue weighted by Crippen LogP contribution is -2.20. The zero-order chi connectivity index (χ0) is 23.6. The maximum atomic E-state index is 13.1. The van der Waals surface area contributed by atoms with E-state index in [1.807, 2.05) is 12.1 Å². The van der Waals surface area contributed by atoms with Crippen LogP contribution in [0.4, 0.5) is 11.6 Å². The fourth-order valence-corrected chi connectivity index (χ4v) is 5.84. The van der Waals surface area contributed by atoms with E-state index in [-0.39, 0.29) is 17.2 Å². The van der Waals surface area contributed by atoms with Crippen LogP contribution in [0.2, 0.25) is 5.02 Å². The molecule has 2 N–H and O–H groups in total. The number of imidazole rings is 1. The average Bonchev–Trinajstić information content (AvgIpc) is 3.76. The number of rotatable bonds is 6. The van der Waals surface area contributed by atoms with Gasteiger partial charge in [-0.05, 0) is 72.9 Å². The summed E-state index contributed by atoms with van der Waals surface area (Å²) in [6.45, 7) is 0.536. The molecule has 3 aliphatic rings. The summed E-state index contributed by atoms with van der Waals surface area (Å²) < 4.78 is 2.09. The lowest BCUT2D eigenvalue weighted by Gasteiger charge is -2.12. The second-order valence-electron chi connectivity index (χ2n) is 10.1. The molecule has 1 spiro atoms. The Kier molecular flexibility index (Phi) is 4.64. The van der Waals surface area contributed by atoms with Crippen molar-refractivity contribution in [3.8, 4) is 0 Å². The first kappa shape index (κ1) is 20.9. The van der Waals surface area contributed by atoms with Crippen molar-refractivity contribution in [2.45, 2.75) is 50.0 Å². The number of benzene rings is 1. The number of aromatic nitrogens is 4. The molecule has 0 saturated heterocycles. The van der Waals surface area contributed by atoms with Crippen LogP contribution in [-0.2, 0) is 23.2 Å². The maximum Gasteiger partial charge on any atom is 0.229 e. The molecule has 2 saturated carbocycles. The van der Waals surface area contributed by atoms with Gasteiger partial charge in [0.2, 0.25) is 5.91 Å². The summed E-state index contributed by atoms with van der Waals surface area (Å²) in [6, 6.07) is 12.1. The van der Waals surface area contributed by atoms with Crippen LogP contribution in [0.15, 0.2) is 55.1 Å². The Morgan fingerprint density at radius 1 is 1.11 bits per heavy atom. The SMILES string of the molecule is O=C(Nc1cc(NCc2cn3cc(C4CC4)ccc3n2)ncn1)C1CC12CCc1ccc(Cl)cc12. The summed E-state index contributed by atoms with van der Waals surface area (Å²) in [5.74, 6) is 1.82. The fourth-order valence-electron chi connectivity index (χ4n) is 5.67. The van der Waals surface area contributed by atoms with E-state index in [1.165, 1.54) is 35.9 Å². The lowest BCUT2D eigenvalue weighted by atomic mass is 9.95. The number of nitrogens with zero attached hydrogens (tertiary/aromatic N) is 4. The number of nitrogens with one attached hydrogen (secondary N) is 2. The number of amides is 1. The second kappa shape index (κ2) is 7.78. The van der Waals surface area contributed by atoms with Crippen LogP contribution in [0.25, 0.3) is 5.65 Å². The first-order chi connectivity index (χ1) is 17.1. The Hall–Kier alpha value is -3.45. The van der Waals surface area contributed by atoms with E-state index in [4.69, 9.17) is 16.6 Å². The molecule has 2 unspecified atom stereocenters. The molecule has 3 aromatic heterocycles. The molecule has 0 bridgehead atoms. The zero-order valence-electron chi connectivity index (χ0n) is 19.2. The molecule has 35 heavy (non-hydrogen) atoms. The van der Waals surface area contributed by atoms with Gasteiger partial charge >= 0.3 is 0 Å². The standard InChI is InChI=1S/C27H25ClN6O/c28-19-5-3-17-7-8-27(21(17)9-19)11-22(27)26(35)33-24-10-23(30-15-31-24)29-12-20-14-34-13-18(16-1-2-16)4-6-25(34)32-20/h3-6,9-10,13-16,22H,1-2,7-8,11-12H2,(H2,29,30,31,33,35). The molecule has 176 valence electrons. The summed E-state index contributed by atoms with van der Waals surface area (Å²) in [6.07, 6.45) is 11.1. The Bertz CT molecular complexity index is 1480. The summed E-state index contributed by atoms with van der Waals surface area (Å²) in [5.41, 5.74) is 5.74. The van der Waals surface area contributed by atoms with Crippen molar-refractivity contribution in [3.05, 3.63) is 82.5 Å². The number of halogens is 1. The van der Waals surface area contributed by atoms with E-state index in [9.17, 15) is 4.79 Å². The molecular formula is C27H25ClN6O. The topological polar surface area (TPSA) is 84.2 Å². The molecular weight excluding hydrogens is 460 g/mol. The molecule has 7 rings (SSSR count). The molecule has 4 aromatic rings. The highest BCUT2D eigenvalue weighted by atomic mass is 35.5. The molecule has 8 heteroatoms. The van der Waals surface area contributed by atoms with Gasteiger partial charge in [-0.1, -0.05) is 23.7 Å². The summed E-state index contributed by atoms with van der Waals surface area (Å²) >= 11 is 6.24. The number of pyridine rings is 1. The number of carbonyl (C=O) groups excluding carboxylic acids is 1. The van der Waals surface area contributed by atoms with Gasteiger partial charge in [0.15, 0.2) is 0 Å². The Labute approximate surface area is 208 Å². The predicted molar refractivity (Wildman–Crippen MR) is 135 cm³/mol. The van der Waals surface area contributed by atoms with Crippen molar-refractivity contribution in [2.75, 3.05) is 10.6 Å². The van der Waals surface area contributed by atoms with Gasteiger partial charge in [-0.25, -0.2) is 15.0 Å². The van der Waals surface area contributed by atoms with E-state index >= 15 is 0 Å². The molecule has 3 heterocycles. The van der Waals surface area contributed by atoms with E-state index in [1.54, 1.807) is 6.07 Å². The number of hydrogen-bond acceptors (Lipinski definition) is 5. The Morgan fingerprint density at radius 3 is 2.89 bits per heavy atom. The first-order valence-corrected chi connectivity index (χ1v) is 12.6. The van der Waals surface area contributed by atoms with Crippen molar-refractivity contribution in [2.24, 2.45) is 5.92 Å². The normalized spacial score (nSPS) is 22.4. The highest BCUT2D eigenvalue weighted by Crippen LogP contribution is 2.62. The predicted octanol–water partition coefficient (Wildman–Crippen LogP) is 5.11. The third-order valence-corrected chi connectivity index (χ3v) is 8.02. The number of hydrogen-bond donors (Lipinski definition) is 2. The van der Waals surface area contributed by atoms with Gasteiger partial charge < -0.3 is 15.0 Å². The van der Waals surface area contributed by atoms with Gasteiger partial charge in [0, 0.05) is 34.8 Å². The average molecular weight is 485 g/mol. The number of carbonyl (C=O) groups is 1. The van der Waals surface area contributed by atoms with Crippen molar-refractivity contribution < 1.29 is 4.79 Å². The summed E-state index contributed by atoms with van der Waals surface area (Å²) in [5, 5.41) is 7.04. The minimum Gasteiger partial charge on any atom is -0.364 e. The van der Waals surface area contributed by atoms with Crippen LogP contribution in [0.5, 0.6) is 0 Å². The molecule has 3 aliphatic carbocycles. The van der Waals surface area contributed by atoms with E-state index in [0.29, 0.717) is 24.1 Å². The first-order valence-electron chi connectivity index (χ1n) is 12.2. The molecule has 0 aliphatic heterocycles. The van der Waals surface area contributed by atoms with Crippen LogP contribution in [-0.4, -0.2) is 25.3 Å². The van der Waals surface area contributed by atoms with Crippen LogP contribution >= 0.6 is 11.6 Å². The maximum absolute atomic E-state index is 13.1. The fraction of sp³-hybridized carbons (Fsp3) is 0.333. The van der Waals surface area contributed by atoms with Crippen LogP contribution < -0.4 is 10.6 Å². The Morgan fingerprint density at radius 2 is 2.00 bits per heavy atom. The molecule has 7 nitrogen and oxygen atoms in total. The van der Waals surface area contributed by atoms with Gasteiger partial charge in [-0.2, -0.15) is 0 Å². The smallest absolute Gasteiger partial charge is 0.229 e. The molecule has 0 radical (unpaired) electrons. The lowest BCUT2D eigenvalue weighted by molar-refractivity contribution is -0.117. The van der Waals surface area contributed by atoms with E-state index in [2.05, 4.69) is 55.6 Å². The largest absolute Gasteiger partial charge is 0.364 e. The van der Waals surface area contributed by atoms with Gasteiger partial charge in [0.25, 0.3) is 0 Å². The third kappa shape index (κ3) is 3.74. The number of fused-ring (bicyclic) bond motifs is 3.